The van der Waals surface area contributed by atoms with Crippen molar-refractivity contribution in [2.75, 3.05) is 95.4 Å². The number of pyridine rings is 2. The number of carboxylic acids is 2. The fourth-order valence-corrected chi connectivity index (χ4v) is 11.1. The van der Waals surface area contributed by atoms with E-state index in [4.69, 9.17) is 72.5 Å². The van der Waals surface area contributed by atoms with Crippen molar-refractivity contribution in [2.24, 2.45) is 5.41 Å². The quantitative estimate of drug-likeness (QED) is 0.0863. The molecule has 1 saturated carbocycles. The fraction of sp³-hybridized carbons (Fsp3) is 0.362. The zero-order valence-corrected chi connectivity index (χ0v) is 43.0. The molecule has 0 amide bonds. The summed E-state index contributed by atoms with van der Waals surface area (Å²) in [5, 5.41) is 18.6. The Labute approximate surface area is 457 Å². The van der Waals surface area contributed by atoms with Crippen LogP contribution in [0.3, 0.4) is 0 Å². The van der Waals surface area contributed by atoms with Gasteiger partial charge in [0.1, 0.15) is 11.0 Å². The molecule has 412 valence electrons. The molecule has 8 aromatic heterocycles. The number of anilines is 2. The maximum absolute atomic E-state index is 11.3. The first-order valence-corrected chi connectivity index (χ1v) is 26.4. The van der Waals surface area contributed by atoms with Crippen molar-refractivity contribution < 1.29 is 52.4 Å². The van der Waals surface area contributed by atoms with E-state index in [1.165, 1.54) is 31.9 Å². The van der Waals surface area contributed by atoms with Crippen molar-refractivity contribution in [3.8, 4) is 22.8 Å². The van der Waals surface area contributed by atoms with Gasteiger partial charge in [-0.25, -0.2) is 39.5 Å². The van der Waals surface area contributed by atoms with Gasteiger partial charge in [0.15, 0.2) is 40.7 Å². The molecule has 0 unspecified atom stereocenters. The first-order chi connectivity index (χ1) is 38.6. The van der Waals surface area contributed by atoms with Gasteiger partial charge in [-0.15, -0.1) is 0 Å². The average molecular weight is 1090 g/mol. The molecule has 2 spiro atoms. The van der Waals surface area contributed by atoms with Crippen LogP contribution < -0.4 is 9.80 Å². The lowest BCUT2D eigenvalue weighted by atomic mass is 9.67. The predicted molar refractivity (Wildman–Crippen MR) is 298 cm³/mol. The smallest absolute Gasteiger partial charge is 0.414 e. The van der Waals surface area contributed by atoms with E-state index in [1.54, 1.807) is 6.07 Å². The third-order valence-electron chi connectivity index (χ3n) is 15.9. The molecule has 1 aliphatic carbocycles. The predicted octanol–water partition coefficient (Wildman–Crippen LogP) is 8.28. The lowest BCUT2D eigenvalue weighted by Gasteiger charge is -2.57. The van der Waals surface area contributed by atoms with Crippen molar-refractivity contribution >= 4 is 96.1 Å². The SMILES string of the molecule is C.C1CC2(C1)COC2.O=C(O)C(=O)O.O=Cc1cnc2oc3c(N4CCOCC4)nc(-c4cccc5[nH]ccc45)nc3c2c1.c1cc(-c2nc(N3CCOCC3)c3oc4ncc(CN5CCC56COC6)cc4c3n2)c2cc[nH]c2c1. The largest absolute Gasteiger partial charge is 0.473 e. The number of H-pyrrole nitrogens is 2. The molecule has 2 aromatic carbocycles. The molecular formula is C58H59N11O11. The van der Waals surface area contributed by atoms with Gasteiger partial charge in [-0.2, -0.15) is 0 Å². The number of aldehydes is 1. The molecule has 5 aliphatic heterocycles. The standard InChI is InChI=1S/C27H26N6O3.C22H17N5O3.C6H10O.C2H2O4.CH4/c1-2-19(18-4-6-28-21(18)3-1)24-30-22-20-12-17(14-33-7-5-27(33)15-35-16-27)13-29-26(20)36-23(22)25(31-24)32-8-10-34-11-9-32;28-12-13-10-16-18-19(30-22(16)24-11-13)21(27-6-8-29-9-7-27)26-20(25-18)15-2-1-3-17-14(15)4-5-23-17;1-2-6(3-1)4-7-5-6;3-1(4)2(5)6;/h1-4,6,12-13,28H,5,7-11,14-16H2;1-5,10-12,23H,6-9H2;1-5H2;(H,3,4)(H,5,6);1H4. The van der Waals surface area contributed by atoms with Crippen LogP contribution in [0.4, 0.5) is 11.6 Å². The third kappa shape index (κ3) is 9.71. The Morgan fingerprint density at radius 3 is 1.56 bits per heavy atom. The molecule has 80 heavy (non-hydrogen) atoms. The number of carbonyl (C=O) groups is 3. The van der Waals surface area contributed by atoms with Crippen molar-refractivity contribution in [3.05, 3.63) is 96.6 Å². The normalized spacial score (nSPS) is 18.0. The number of hydrogen-bond acceptors (Lipinski definition) is 18. The minimum atomic E-state index is -1.82. The molecule has 10 aromatic rings. The van der Waals surface area contributed by atoms with Gasteiger partial charge in [-0.05, 0) is 61.2 Å². The lowest BCUT2D eigenvalue weighted by molar-refractivity contribution is -0.195. The number of ether oxygens (including phenoxy) is 4. The van der Waals surface area contributed by atoms with E-state index in [0.29, 0.717) is 90.2 Å². The molecule has 0 bridgehead atoms. The zero-order chi connectivity index (χ0) is 53.7. The van der Waals surface area contributed by atoms with Gasteiger partial charge >= 0.3 is 11.9 Å². The molecule has 0 atom stereocenters. The van der Waals surface area contributed by atoms with E-state index in [2.05, 4.69) is 53.9 Å². The van der Waals surface area contributed by atoms with Gasteiger partial charge in [-0.3, -0.25) is 9.69 Å². The number of fused-ring (bicyclic) bond motifs is 8. The number of furan rings is 2. The maximum Gasteiger partial charge on any atom is 0.414 e. The van der Waals surface area contributed by atoms with Gasteiger partial charge in [0.05, 0.1) is 69.2 Å². The molecule has 13 heterocycles. The van der Waals surface area contributed by atoms with Gasteiger partial charge in [0.25, 0.3) is 0 Å². The number of nitrogens with zero attached hydrogens (tertiary/aromatic N) is 9. The number of nitrogens with one attached hydrogen (secondary N) is 2. The summed E-state index contributed by atoms with van der Waals surface area (Å²) in [6, 6.07) is 20.3. The van der Waals surface area contributed by atoms with Crippen LogP contribution in [0.25, 0.3) is 89.0 Å². The first-order valence-electron chi connectivity index (χ1n) is 26.4. The highest BCUT2D eigenvalue weighted by Gasteiger charge is 2.50. The van der Waals surface area contributed by atoms with Crippen LogP contribution in [0.1, 0.15) is 49.0 Å². The number of morpholine rings is 2. The van der Waals surface area contributed by atoms with E-state index in [9.17, 15) is 4.79 Å². The highest BCUT2D eigenvalue weighted by Crippen LogP contribution is 2.46. The van der Waals surface area contributed by atoms with Gasteiger partial charge in [-0.1, -0.05) is 38.1 Å². The Balaban J connectivity index is 0.000000130. The van der Waals surface area contributed by atoms with Crippen molar-refractivity contribution in [1.29, 1.82) is 0 Å². The summed E-state index contributed by atoms with van der Waals surface area (Å²) in [5.41, 5.74) is 10.4. The summed E-state index contributed by atoms with van der Waals surface area (Å²) in [6.45, 7) is 11.3. The second-order valence-corrected chi connectivity index (χ2v) is 20.8. The van der Waals surface area contributed by atoms with Crippen LogP contribution in [0.15, 0.2) is 94.3 Å². The molecular weight excluding hydrogens is 1030 g/mol. The second-order valence-electron chi connectivity index (χ2n) is 20.8. The Hall–Kier alpha value is -8.41. The molecule has 4 N–H and O–H groups in total. The third-order valence-corrected chi connectivity index (χ3v) is 15.9. The zero-order valence-electron chi connectivity index (χ0n) is 43.0. The minimum absolute atomic E-state index is 0. The number of aliphatic carboxylic acids is 2. The molecule has 22 heteroatoms. The van der Waals surface area contributed by atoms with Crippen LogP contribution in [0, 0.1) is 5.41 Å². The number of benzene rings is 2. The monoisotopic (exact) mass is 1090 g/mol. The summed E-state index contributed by atoms with van der Waals surface area (Å²) >= 11 is 0. The fourth-order valence-electron chi connectivity index (χ4n) is 11.1. The Morgan fingerprint density at radius 1 is 0.613 bits per heavy atom. The Bertz CT molecular complexity index is 3910. The van der Waals surface area contributed by atoms with Crippen LogP contribution >= 0.6 is 0 Å². The minimum Gasteiger partial charge on any atom is -0.473 e. The van der Waals surface area contributed by atoms with E-state index in [-0.39, 0.29) is 13.0 Å². The highest BCUT2D eigenvalue weighted by atomic mass is 16.5. The summed E-state index contributed by atoms with van der Waals surface area (Å²) in [7, 11) is 0. The van der Waals surface area contributed by atoms with Crippen LogP contribution in [-0.2, 0) is 35.1 Å². The van der Waals surface area contributed by atoms with Gasteiger partial charge in [0, 0.05) is 108 Å². The number of hydrogen-bond donors (Lipinski definition) is 4. The molecule has 16 rings (SSSR count). The van der Waals surface area contributed by atoms with E-state index < -0.39 is 11.9 Å². The first kappa shape index (κ1) is 52.3. The molecule has 0 radical (unpaired) electrons. The number of aromatic nitrogens is 8. The molecule has 6 aliphatic rings. The number of carbonyl (C=O) groups excluding carboxylic acids is 1. The Kier molecular flexibility index (Phi) is 14.2. The van der Waals surface area contributed by atoms with Crippen LogP contribution in [-0.4, -0.2) is 164 Å². The van der Waals surface area contributed by atoms with Crippen molar-refractivity contribution in [3.63, 3.8) is 0 Å². The summed E-state index contributed by atoms with van der Waals surface area (Å²) < 4.78 is 34.1. The molecule has 5 saturated heterocycles. The number of aromatic amines is 2. The Morgan fingerprint density at radius 2 is 1.14 bits per heavy atom. The van der Waals surface area contributed by atoms with Gasteiger partial charge < -0.3 is 57.8 Å². The maximum atomic E-state index is 11.3. The summed E-state index contributed by atoms with van der Waals surface area (Å²) in [4.78, 5) is 71.8. The number of likely N-dealkylation sites (tertiary alicyclic amines) is 1. The molecule has 22 nitrogen and oxygen atoms in total. The summed E-state index contributed by atoms with van der Waals surface area (Å²) in [6.07, 6.45) is 13.6. The van der Waals surface area contributed by atoms with E-state index in [0.717, 1.165) is 125 Å². The second kappa shape index (κ2) is 21.7. The van der Waals surface area contributed by atoms with Crippen LogP contribution in [0.5, 0.6) is 0 Å². The summed E-state index contributed by atoms with van der Waals surface area (Å²) in [5.74, 6) is -0.829. The van der Waals surface area contributed by atoms with E-state index >= 15 is 0 Å². The van der Waals surface area contributed by atoms with Gasteiger partial charge in [0.2, 0.25) is 11.4 Å². The number of rotatable bonds is 7. The molecule has 6 fully saturated rings. The van der Waals surface area contributed by atoms with E-state index in [1.807, 2.05) is 48.9 Å². The number of carboxylic acid groups (broad SMARTS) is 2. The van der Waals surface area contributed by atoms with Crippen LogP contribution in [0.2, 0.25) is 0 Å². The average Bonchev–Trinajstić information content (AvgIpc) is 4.27. The van der Waals surface area contributed by atoms with Crippen molar-refractivity contribution in [2.45, 2.75) is 45.2 Å². The highest BCUT2D eigenvalue weighted by molar-refractivity contribution is 6.27. The lowest BCUT2D eigenvalue weighted by Crippen LogP contribution is -2.70. The van der Waals surface area contributed by atoms with Crippen molar-refractivity contribution in [1.82, 2.24) is 44.8 Å². The topological polar surface area (TPSA) is 274 Å².